The van der Waals surface area contributed by atoms with Gasteiger partial charge in [0.15, 0.2) is 6.17 Å². The summed E-state index contributed by atoms with van der Waals surface area (Å²) in [6.07, 6.45) is -1.57. The van der Waals surface area contributed by atoms with Gasteiger partial charge in [-0.1, -0.05) is 28.1 Å². The van der Waals surface area contributed by atoms with Crippen LogP contribution in [0.5, 0.6) is 0 Å². The highest BCUT2D eigenvalue weighted by Gasteiger charge is 2.13. The van der Waals surface area contributed by atoms with E-state index in [4.69, 9.17) is 5.73 Å². The molecular formula is C9H9BrFNO. The summed E-state index contributed by atoms with van der Waals surface area (Å²) in [5, 5.41) is 0. The fourth-order valence-corrected chi connectivity index (χ4v) is 1.42. The first-order valence-electron chi connectivity index (χ1n) is 3.77. The SMILES string of the molecule is NC(=O)C(F)Cc1cccc(Br)c1. The third kappa shape index (κ3) is 3.14. The number of halogens is 2. The van der Waals surface area contributed by atoms with Gasteiger partial charge in [-0.05, 0) is 17.7 Å². The Bertz CT molecular complexity index is 316. The van der Waals surface area contributed by atoms with Crippen molar-refractivity contribution in [2.24, 2.45) is 5.73 Å². The van der Waals surface area contributed by atoms with Gasteiger partial charge in [-0.25, -0.2) is 4.39 Å². The lowest BCUT2D eigenvalue weighted by molar-refractivity contribution is -0.122. The van der Waals surface area contributed by atoms with Crippen molar-refractivity contribution < 1.29 is 9.18 Å². The molecule has 0 spiro atoms. The van der Waals surface area contributed by atoms with Gasteiger partial charge in [-0.15, -0.1) is 0 Å². The monoisotopic (exact) mass is 245 g/mol. The van der Waals surface area contributed by atoms with E-state index in [1.165, 1.54) is 0 Å². The molecule has 0 saturated heterocycles. The highest BCUT2D eigenvalue weighted by molar-refractivity contribution is 9.10. The molecule has 4 heteroatoms. The number of benzene rings is 1. The van der Waals surface area contributed by atoms with Crippen LogP contribution in [0.2, 0.25) is 0 Å². The highest BCUT2D eigenvalue weighted by atomic mass is 79.9. The zero-order chi connectivity index (χ0) is 9.84. The van der Waals surface area contributed by atoms with Crippen molar-refractivity contribution in [3.05, 3.63) is 34.3 Å². The molecule has 0 aliphatic rings. The minimum atomic E-state index is -1.60. The van der Waals surface area contributed by atoms with Gasteiger partial charge >= 0.3 is 0 Å². The quantitative estimate of drug-likeness (QED) is 0.868. The molecule has 70 valence electrons. The van der Waals surface area contributed by atoms with Crippen LogP contribution >= 0.6 is 15.9 Å². The molecule has 2 nitrogen and oxygen atoms in total. The summed E-state index contributed by atoms with van der Waals surface area (Å²) in [6, 6.07) is 7.13. The fraction of sp³-hybridized carbons (Fsp3) is 0.222. The summed E-state index contributed by atoms with van der Waals surface area (Å²) in [5.74, 6) is -0.917. The van der Waals surface area contributed by atoms with Crippen molar-refractivity contribution in [2.75, 3.05) is 0 Å². The summed E-state index contributed by atoms with van der Waals surface area (Å²) in [4.78, 5) is 10.4. The summed E-state index contributed by atoms with van der Waals surface area (Å²) in [5.41, 5.74) is 5.55. The van der Waals surface area contributed by atoms with E-state index in [2.05, 4.69) is 15.9 Å². The van der Waals surface area contributed by atoms with Crippen LogP contribution < -0.4 is 5.73 Å². The largest absolute Gasteiger partial charge is 0.367 e. The third-order valence-electron chi connectivity index (χ3n) is 1.61. The molecule has 1 aromatic carbocycles. The molecule has 1 atom stereocenters. The molecule has 1 aromatic rings. The normalized spacial score (nSPS) is 12.5. The molecule has 1 rings (SSSR count). The molecule has 2 N–H and O–H groups in total. The molecule has 13 heavy (non-hydrogen) atoms. The van der Waals surface area contributed by atoms with Gasteiger partial charge in [0.25, 0.3) is 5.91 Å². The maximum absolute atomic E-state index is 12.9. The molecule has 0 saturated carbocycles. The van der Waals surface area contributed by atoms with Gasteiger partial charge in [0, 0.05) is 10.9 Å². The summed E-state index contributed by atoms with van der Waals surface area (Å²) >= 11 is 3.25. The second-order valence-corrected chi connectivity index (χ2v) is 3.62. The maximum Gasteiger partial charge on any atom is 0.252 e. The number of carbonyl (C=O) groups excluding carboxylic acids is 1. The zero-order valence-corrected chi connectivity index (χ0v) is 8.42. The van der Waals surface area contributed by atoms with Crippen molar-refractivity contribution in [1.82, 2.24) is 0 Å². The van der Waals surface area contributed by atoms with Gasteiger partial charge in [-0.2, -0.15) is 0 Å². The smallest absolute Gasteiger partial charge is 0.252 e. The van der Waals surface area contributed by atoms with Crippen LogP contribution in [0, 0.1) is 0 Å². The molecule has 0 aromatic heterocycles. The number of primary amides is 1. The second kappa shape index (κ2) is 4.37. The van der Waals surface area contributed by atoms with Crippen LogP contribution in [0.15, 0.2) is 28.7 Å². The van der Waals surface area contributed by atoms with Crippen molar-refractivity contribution in [3.63, 3.8) is 0 Å². The molecule has 1 unspecified atom stereocenters. The van der Waals surface area contributed by atoms with Crippen LogP contribution in [0.3, 0.4) is 0 Å². The average molecular weight is 246 g/mol. The van der Waals surface area contributed by atoms with Crippen molar-refractivity contribution in [2.45, 2.75) is 12.6 Å². The van der Waals surface area contributed by atoms with Crippen molar-refractivity contribution in [3.8, 4) is 0 Å². The number of alkyl halides is 1. The Hall–Kier alpha value is -0.900. The van der Waals surface area contributed by atoms with Crippen molar-refractivity contribution >= 4 is 21.8 Å². The van der Waals surface area contributed by atoms with E-state index in [0.717, 1.165) is 10.0 Å². The van der Waals surface area contributed by atoms with Gasteiger partial charge in [0.2, 0.25) is 0 Å². The summed E-state index contributed by atoms with van der Waals surface area (Å²) < 4.78 is 13.7. The summed E-state index contributed by atoms with van der Waals surface area (Å²) in [7, 11) is 0. The van der Waals surface area contributed by atoms with Gasteiger partial charge in [0.05, 0.1) is 0 Å². The van der Waals surface area contributed by atoms with Gasteiger partial charge in [0.1, 0.15) is 0 Å². The van der Waals surface area contributed by atoms with E-state index in [-0.39, 0.29) is 6.42 Å². The first kappa shape index (κ1) is 10.2. The van der Waals surface area contributed by atoms with E-state index in [9.17, 15) is 9.18 Å². The topological polar surface area (TPSA) is 43.1 Å². The molecule has 0 fully saturated rings. The molecular weight excluding hydrogens is 237 g/mol. The number of nitrogens with two attached hydrogens (primary N) is 1. The maximum atomic E-state index is 12.9. The Morgan fingerprint density at radius 3 is 2.85 bits per heavy atom. The fourth-order valence-electron chi connectivity index (χ4n) is 0.971. The van der Waals surface area contributed by atoms with Crippen LogP contribution in [0.4, 0.5) is 4.39 Å². The number of rotatable bonds is 3. The zero-order valence-electron chi connectivity index (χ0n) is 6.84. The minimum absolute atomic E-state index is 0.0365. The standard InChI is InChI=1S/C9H9BrFNO/c10-7-3-1-2-6(4-7)5-8(11)9(12)13/h1-4,8H,5H2,(H2,12,13). The Morgan fingerprint density at radius 1 is 1.62 bits per heavy atom. The number of hydrogen-bond acceptors (Lipinski definition) is 1. The first-order valence-corrected chi connectivity index (χ1v) is 4.56. The molecule has 0 heterocycles. The molecule has 0 aliphatic heterocycles. The molecule has 0 bridgehead atoms. The predicted octanol–water partition coefficient (Wildman–Crippen LogP) is 1.82. The minimum Gasteiger partial charge on any atom is -0.367 e. The number of hydrogen-bond donors (Lipinski definition) is 1. The number of carbonyl (C=O) groups is 1. The van der Waals surface area contributed by atoms with Crippen molar-refractivity contribution in [1.29, 1.82) is 0 Å². The summed E-state index contributed by atoms with van der Waals surface area (Å²) in [6.45, 7) is 0. The number of amides is 1. The van der Waals surface area contributed by atoms with Crippen LogP contribution in [-0.4, -0.2) is 12.1 Å². The first-order chi connectivity index (χ1) is 6.09. The Labute approximate surface area is 84.1 Å². The van der Waals surface area contributed by atoms with E-state index >= 15 is 0 Å². The molecule has 0 radical (unpaired) electrons. The van der Waals surface area contributed by atoms with E-state index in [1.54, 1.807) is 18.2 Å². The average Bonchev–Trinajstić information content (AvgIpc) is 2.04. The lowest BCUT2D eigenvalue weighted by Gasteiger charge is -2.03. The Balaban J connectivity index is 2.69. The van der Waals surface area contributed by atoms with E-state index in [1.807, 2.05) is 6.07 Å². The molecule has 0 aliphatic carbocycles. The predicted molar refractivity (Wildman–Crippen MR) is 51.9 cm³/mol. The van der Waals surface area contributed by atoms with Gasteiger partial charge in [-0.3, -0.25) is 4.79 Å². The lowest BCUT2D eigenvalue weighted by atomic mass is 10.1. The molecule has 1 amide bonds. The van der Waals surface area contributed by atoms with E-state index in [0.29, 0.717) is 0 Å². The van der Waals surface area contributed by atoms with Crippen LogP contribution in [0.1, 0.15) is 5.56 Å². The van der Waals surface area contributed by atoms with Gasteiger partial charge < -0.3 is 5.73 Å². The Kier molecular flexibility index (Phi) is 3.42. The highest BCUT2D eigenvalue weighted by Crippen LogP contribution is 2.13. The second-order valence-electron chi connectivity index (χ2n) is 2.70. The van der Waals surface area contributed by atoms with Crippen LogP contribution in [0.25, 0.3) is 0 Å². The Morgan fingerprint density at radius 2 is 2.31 bits per heavy atom. The lowest BCUT2D eigenvalue weighted by Crippen LogP contribution is -2.26. The van der Waals surface area contributed by atoms with Crippen LogP contribution in [-0.2, 0) is 11.2 Å². The third-order valence-corrected chi connectivity index (χ3v) is 2.11. The van der Waals surface area contributed by atoms with E-state index < -0.39 is 12.1 Å².